The van der Waals surface area contributed by atoms with Crippen molar-refractivity contribution in [3.05, 3.63) is 41.0 Å². The van der Waals surface area contributed by atoms with E-state index in [4.69, 9.17) is 11.1 Å². The molecule has 0 spiro atoms. The van der Waals surface area contributed by atoms with Gasteiger partial charge in [0.05, 0.1) is 5.56 Å². The molecule has 0 unspecified atom stereocenters. The van der Waals surface area contributed by atoms with Gasteiger partial charge in [-0.1, -0.05) is 23.9 Å². The summed E-state index contributed by atoms with van der Waals surface area (Å²) in [6, 6.07) is 4.88. The van der Waals surface area contributed by atoms with Crippen LogP contribution in [0, 0.1) is 18.2 Å². The van der Waals surface area contributed by atoms with E-state index in [1.165, 1.54) is 29.4 Å². The number of rotatable bonds is 4. The fourth-order valence-electron chi connectivity index (χ4n) is 1.38. The number of halogens is 1. The van der Waals surface area contributed by atoms with Crippen molar-refractivity contribution in [1.82, 2.24) is 9.36 Å². The third kappa shape index (κ3) is 2.85. The van der Waals surface area contributed by atoms with Crippen molar-refractivity contribution in [3.8, 4) is 0 Å². The molecule has 7 heteroatoms. The van der Waals surface area contributed by atoms with Gasteiger partial charge in [0.15, 0.2) is 4.34 Å². The molecule has 94 valence electrons. The lowest BCUT2D eigenvalue weighted by molar-refractivity contribution is 0.614. The Morgan fingerprint density at radius 2 is 2.33 bits per heavy atom. The first-order valence-corrected chi connectivity index (χ1v) is 6.88. The highest BCUT2D eigenvalue weighted by molar-refractivity contribution is 8.00. The van der Waals surface area contributed by atoms with Crippen molar-refractivity contribution in [2.75, 3.05) is 0 Å². The molecule has 1 aromatic carbocycles. The molecule has 1 heterocycles. The fraction of sp³-hybridized carbons (Fsp3) is 0.182. The van der Waals surface area contributed by atoms with Crippen LogP contribution < -0.4 is 5.73 Å². The van der Waals surface area contributed by atoms with E-state index in [1.54, 1.807) is 12.1 Å². The van der Waals surface area contributed by atoms with Gasteiger partial charge in [0, 0.05) is 5.75 Å². The van der Waals surface area contributed by atoms with E-state index in [9.17, 15) is 4.39 Å². The summed E-state index contributed by atoms with van der Waals surface area (Å²) in [5.41, 5.74) is 5.97. The Labute approximate surface area is 112 Å². The monoisotopic (exact) mass is 282 g/mol. The van der Waals surface area contributed by atoms with Crippen LogP contribution in [-0.2, 0) is 5.75 Å². The summed E-state index contributed by atoms with van der Waals surface area (Å²) < 4.78 is 18.8. The number of benzene rings is 1. The fourth-order valence-corrected chi connectivity index (χ4v) is 3.00. The van der Waals surface area contributed by atoms with Gasteiger partial charge in [-0.25, -0.2) is 9.37 Å². The molecule has 0 fully saturated rings. The lowest BCUT2D eigenvalue weighted by Crippen LogP contribution is -2.14. The molecule has 0 aliphatic carbocycles. The average Bonchev–Trinajstić information content (AvgIpc) is 2.73. The number of nitrogens with one attached hydrogen (secondary N) is 1. The van der Waals surface area contributed by atoms with Crippen LogP contribution in [0.2, 0.25) is 0 Å². The molecular formula is C11H11FN4S2. The van der Waals surface area contributed by atoms with Crippen molar-refractivity contribution in [2.24, 2.45) is 5.73 Å². The number of nitrogen functional groups attached to an aromatic ring is 1. The second-order valence-electron chi connectivity index (χ2n) is 3.59. The zero-order chi connectivity index (χ0) is 13.1. The molecule has 0 atom stereocenters. The molecule has 4 nitrogen and oxygen atoms in total. The summed E-state index contributed by atoms with van der Waals surface area (Å²) in [6.45, 7) is 1.82. The second kappa shape index (κ2) is 5.45. The van der Waals surface area contributed by atoms with E-state index >= 15 is 0 Å². The van der Waals surface area contributed by atoms with Gasteiger partial charge in [-0.15, -0.1) is 0 Å². The lowest BCUT2D eigenvalue weighted by atomic mass is 10.1. The van der Waals surface area contributed by atoms with Gasteiger partial charge in [-0.2, -0.15) is 4.37 Å². The molecule has 2 rings (SSSR count). The number of amidine groups is 1. The molecule has 0 amide bonds. The molecule has 0 saturated carbocycles. The Balaban J connectivity index is 2.14. The van der Waals surface area contributed by atoms with Crippen LogP contribution in [0.25, 0.3) is 0 Å². The minimum atomic E-state index is -0.432. The van der Waals surface area contributed by atoms with E-state index < -0.39 is 5.82 Å². The van der Waals surface area contributed by atoms with Gasteiger partial charge >= 0.3 is 0 Å². The van der Waals surface area contributed by atoms with Gasteiger partial charge in [-0.3, -0.25) is 5.41 Å². The Morgan fingerprint density at radius 1 is 1.56 bits per heavy atom. The molecule has 0 aliphatic heterocycles. The summed E-state index contributed by atoms with van der Waals surface area (Å²) in [7, 11) is 0. The molecule has 3 N–H and O–H groups in total. The van der Waals surface area contributed by atoms with E-state index in [0.29, 0.717) is 11.3 Å². The number of aromatic nitrogens is 2. The number of nitrogens with zero attached hydrogens (tertiary/aromatic N) is 2. The quantitative estimate of drug-likeness (QED) is 0.513. The number of aryl methyl sites for hydroxylation is 1. The van der Waals surface area contributed by atoms with Gasteiger partial charge in [0.2, 0.25) is 0 Å². The molecule has 0 radical (unpaired) electrons. The maximum absolute atomic E-state index is 14.0. The number of hydrogen-bond donors (Lipinski definition) is 2. The first kappa shape index (κ1) is 13.0. The average molecular weight is 282 g/mol. The zero-order valence-corrected chi connectivity index (χ0v) is 11.2. The van der Waals surface area contributed by atoms with Crippen molar-refractivity contribution >= 4 is 29.1 Å². The van der Waals surface area contributed by atoms with Crippen LogP contribution in [-0.4, -0.2) is 15.2 Å². The smallest absolute Gasteiger partial charge is 0.170 e. The van der Waals surface area contributed by atoms with Gasteiger partial charge in [0.25, 0.3) is 0 Å². The van der Waals surface area contributed by atoms with E-state index in [2.05, 4.69) is 9.36 Å². The van der Waals surface area contributed by atoms with Gasteiger partial charge < -0.3 is 5.73 Å². The first-order chi connectivity index (χ1) is 8.58. The second-order valence-corrected chi connectivity index (χ2v) is 5.56. The molecular weight excluding hydrogens is 271 g/mol. The highest BCUT2D eigenvalue weighted by Crippen LogP contribution is 2.26. The number of nitrogens with two attached hydrogens (primary N) is 1. The van der Waals surface area contributed by atoms with Crippen LogP contribution in [0.1, 0.15) is 17.0 Å². The maximum Gasteiger partial charge on any atom is 0.170 e. The predicted octanol–water partition coefficient (Wildman–Crippen LogP) is 2.56. The number of hydrogen-bond acceptors (Lipinski definition) is 5. The molecule has 1 aromatic heterocycles. The van der Waals surface area contributed by atoms with E-state index in [1.807, 2.05) is 6.92 Å². The van der Waals surface area contributed by atoms with Crippen molar-refractivity contribution in [2.45, 2.75) is 17.0 Å². The Kier molecular flexibility index (Phi) is 3.93. The maximum atomic E-state index is 14.0. The van der Waals surface area contributed by atoms with Crippen LogP contribution in [0.15, 0.2) is 22.5 Å². The van der Waals surface area contributed by atoms with Crippen LogP contribution in [0.5, 0.6) is 0 Å². The molecule has 2 aromatic rings. The highest BCUT2D eigenvalue weighted by atomic mass is 32.2. The topological polar surface area (TPSA) is 75.7 Å². The van der Waals surface area contributed by atoms with Gasteiger partial charge in [0.1, 0.15) is 17.5 Å². The predicted molar refractivity (Wildman–Crippen MR) is 71.6 cm³/mol. The van der Waals surface area contributed by atoms with Crippen LogP contribution in [0.4, 0.5) is 4.39 Å². The summed E-state index contributed by atoms with van der Waals surface area (Å²) in [5, 5.41) is 7.28. The summed E-state index contributed by atoms with van der Waals surface area (Å²) >= 11 is 2.72. The highest BCUT2D eigenvalue weighted by Gasteiger charge is 2.11. The van der Waals surface area contributed by atoms with E-state index in [0.717, 1.165) is 10.2 Å². The lowest BCUT2D eigenvalue weighted by Gasteiger charge is -2.05. The Morgan fingerprint density at radius 3 is 2.94 bits per heavy atom. The third-order valence-electron chi connectivity index (χ3n) is 2.23. The molecule has 0 saturated heterocycles. The normalized spacial score (nSPS) is 10.6. The van der Waals surface area contributed by atoms with Crippen LogP contribution >= 0.6 is 23.3 Å². The SMILES string of the molecule is Cc1nsc(SCc2cccc(C(=N)N)c2F)n1. The third-order valence-corrected chi connectivity index (χ3v) is 4.20. The summed E-state index contributed by atoms with van der Waals surface area (Å²) in [4.78, 5) is 4.19. The van der Waals surface area contributed by atoms with Crippen molar-refractivity contribution in [1.29, 1.82) is 5.41 Å². The van der Waals surface area contributed by atoms with E-state index in [-0.39, 0.29) is 11.4 Å². The van der Waals surface area contributed by atoms with Crippen LogP contribution in [0.3, 0.4) is 0 Å². The number of thioether (sulfide) groups is 1. The Bertz CT molecular complexity index is 582. The van der Waals surface area contributed by atoms with Crippen molar-refractivity contribution < 1.29 is 4.39 Å². The van der Waals surface area contributed by atoms with Gasteiger partial charge in [-0.05, 0) is 30.1 Å². The Hall–Kier alpha value is -1.47. The molecule has 18 heavy (non-hydrogen) atoms. The standard InChI is InChI=1S/C11H11FN4S2/c1-6-15-11(18-16-6)17-5-7-3-2-4-8(9(7)12)10(13)14/h2-4H,5H2,1H3,(H3,13,14). The molecule has 0 bridgehead atoms. The molecule has 0 aliphatic rings. The minimum absolute atomic E-state index is 0.140. The minimum Gasteiger partial charge on any atom is -0.384 e. The summed E-state index contributed by atoms with van der Waals surface area (Å²) in [5.74, 6) is 0.479. The largest absolute Gasteiger partial charge is 0.384 e. The summed E-state index contributed by atoms with van der Waals surface area (Å²) in [6.07, 6.45) is 0. The first-order valence-electron chi connectivity index (χ1n) is 5.13. The zero-order valence-electron chi connectivity index (χ0n) is 9.61. The van der Waals surface area contributed by atoms with Crippen molar-refractivity contribution in [3.63, 3.8) is 0 Å².